The Kier molecular flexibility index (Phi) is 3.62. The molecule has 0 saturated heterocycles. The largest absolute Gasteiger partial charge is 0.320 e. The maximum Gasteiger partial charge on any atom is 0.194 e. The predicted octanol–water partition coefficient (Wildman–Crippen LogP) is 3.77. The molecular weight excluding hydrogens is 251 g/mol. The average molecular weight is 265 g/mol. The number of nitrogens with two attached hydrogens (primary N) is 1. The molecule has 0 spiro atoms. The molecule has 0 radical (unpaired) electrons. The van der Waals surface area contributed by atoms with Crippen LogP contribution < -0.4 is 5.73 Å². The topological polar surface area (TPSA) is 26.0 Å². The molecule has 1 nitrogen and oxygen atoms in total. The summed E-state index contributed by atoms with van der Waals surface area (Å²) in [5.74, 6) is -3.93. The Bertz CT molecular complexity index is 623. The second-order valence-corrected chi connectivity index (χ2v) is 4.60. The molecule has 0 fully saturated rings. The summed E-state index contributed by atoms with van der Waals surface area (Å²) in [6, 6.07) is 6.84. The quantitative estimate of drug-likeness (QED) is 0.822. The SMILES string of the molecule is Cc1ccc(C)c(C(N)c2ccc(F)c(F)c2F)c1. The van der Waals surface area contributed by atoms with Gasteiger partial charge in [0, 0.05) is 5.56 Å². The van der Waals surface area contributed by atoms with Gasteiger partial charge in [-0.15, -0.1) is 0 Å². The van der Waals surface area contributed by atoms with Crippen molar-refractivity contribution in [2.45, 2.75) is 19.9 Å². The van der Waals surface area contributed by atoms with Gasteiger partial charge in [-0.2, -0.15) is 0 Å². The lowest BCUT2D eigenvalue weighted by Crippen LogP contribution is -2.16. The van der Waals surface area contributed by atoms with Gasteiger partial charge in [-0.1, -0.05) is 29.8 Å². The lowest BCUT2D eigenvalue weighted by atomic mass is 9.94. The molecule has 2 aromatic carbocycles. The van der Waals surface area contributed by atoms with E-state index in [9.17, 15) is 13.2 Å². The summed E-state index contributed by atoms with van der Waals surface area (Å²) >= 11 is 0. The lowest BCUT2D eigenvalue weighted by molar-refractivity contribution is 0.438. The summed E-state index contributed by atoms with van der Waals surface area (Å²) in [7, 11) is 0. The maximum atomic E-state index is 13.7. The van der Waals surface area contributed by atoms with Gasteiger partial charge in [-0.25, -0.2) is 13.2 Å². The Hall–Kier alpha value is -1.81. The van der Waals surface area contributed by atoms with Crippen LogP contribution in [-0.2, 0) is 0 Å². The number of halogens is 3. The summed E-state index contributed by atoms with van der Waals surface area (Å²) in [4.78, 5) is 0. The molecule has 1 unspecified atom stereocenters. The maximum absolute atomic E-state index is 13.7. The zero-order valence-corrected chi connectivity index (χ0v) is 10.7. The Morgan fingerprint density at radius 3 is 2.26 bits per heavy atom. The second kappa shape index (κ2) is 5.05. The highest BCUT2D eigenvalue weighted by Crippen LogP contribution is 2.27. The first kappa shape index (κ1) is 13.6. The van der Waals surface area contributed by atoms with Crippen molar-refractivity contribution in [2.75, 3.05) is 0 Å². The molecule has 4 heteroatoms. The van der Waals surface area contributed by atoms with Crippen LogP contribution in [0.5, 0.6) is 0 Å². The molecule has 0 aliphatic carbocycles. The number of rotatable bonds is 2. The van der Waals surface area contributed by atoms with Gasteiger partial charge < -0.3 is 5.73 Å². The van der Waals surface area contributed by atoms with Gasteiger partial charge in [0.15, 0.2) is 17.5 Å². The minimum Gasteiger partial charge on any atom is -0.320 e. The predicted molar refractivity (Wildman–Crippen MR) is 68.3 cm³/mol. The van der Waals surface area contributed by atoms with Crippen LogP contribution in [0.4, 0.5) is 13.2 Å². The fraction of sp³-hybridized carbons (Fsp3) is 0.200. The van der Waals surface area contributed by atoms with E-state index in [2.05, 4.69) is 0 Å². The molecular formula is C15H14F3N. The van der Waals surface area contributed by atoms with Crippen molar-refractivity contribution in [3.05, 3.63) is 70.0 Å². The van der Waals surface area contributed by atoms with Crippen LogP contribution in [0, 0.1) is 31.3 Å². The molecule has 0 amide bonds. The van der Waals surface area contributed by atoms with Gasteiger partial charge in [0.05, 0.1) is 6.04 Å². The standard InChI is InChI=1S/C15H14F3N/c1-8-3-4-9(2)11(7-8)15(19)10-5-6-12(16)14(18)13(10)17/h3-7,15H,19H2,1-2H3. The first-order valence-corrected chi connectivity index (χ1v) is 5.88. The third-order valence-corrected chi connectivity index (χ3v) is 3.17. The zero-order chi connectivity index (χ0) is 14.2. The van der Waals surface area contributed by atoms with Crippen molar-refractivity contribution in [1.82, 2.24) is 0 Å². The van der Waals surface area contributed by atoms with Gasteiger partial charge in [0.2, 0.25) is 0 Å². The van der Waals surface area contributed by atoms with E-state index < -0.39 is 23.5 Å². The highest BCUT2D eigenvalue weighted by molar-refractivity contribution is 5.39. The Morgan fingerprint density at radius 2 is 1.58 bits per heavy atom. The van der Waals surface area contributed by atoms with Crippen LogP contribution in [0.15, 0.2) is 30.3 Å². The van der Waals surface area contributed by atoms with Crippen molar-refractivity contribution in [3.63, 3.8) is 0 Å². The summed E-state index contributed by atoms with van der Waals surface area (Å²) < 4.78 is 39.9. The smallest absolute Gasteiger partial charge is 0.194 e. The van der Waals surface area contributed by atoms with Crippen molar-refractivity contribution >= 4 is 0 Å². The van der Waals surface area contributed by atoms with Crippen molar-refractivity contribution in [3.8, 4) is 0 Å². The van der Waals surface area contributed by atoms with Crippen LogP contribution >= 0.6 is 0 Å². The molecule has 0 aromatic heterocycles. The van der Waals surface area contributed by atoms with E-state index in [0.29, 0.717) is 5.56 Å². The van der Waals surface area contributed by atoms with E-state index in [1.165, 1.54) is 6.07 Å². The Balaban J connectivity index is 2.53. The minimum absolute atomic E-state index is 0.0485. The summed E-state index contributed by atoms with van der Waals surface area (Å²) in [5.41, 5.74) is 8.48. The first-order chi connectivity index (χ1) is 8.91. The number of aryl methyl sites for hydroxylation is 2. The van der Waals surface area contributed by atoms with Crippen LogP contribution in [0.3, 0.4) is 0 Å². The zero-order valence-electron chi connectivity index (χ0n) is 10.7. The lowest BCUT2D eigenvalue weighted by Gasteiger charge is -2.17. The van der Waals surface area contributed by atoms with Gasteiger partial charge in [0.1, 0.15) is 0 Å². The molecule has 2 aromatic rings. The minimum atomic E-state index is -1.49. The van der Waals surface area contributed by atoms with E-state index in [1.807, 2.05) is 32.0 Å². The van der Waals surface area contributed by atoms with Crippen molar-refractivity contribution in [1.29, 1.82) is 0 Å². The molecule has 0 heterocycles. The summed E-state index contributed by atoms with van der Waals surface area (Å²) in [6.45, 7) is 3.73. The molecule has 1 atom stereocenters. The fourth-order valence-electron chi connectivity index (χ4n) is 2.04. The van der Waals surface area contributed by atoms with Crippen LogP contribution in [0.25, 0.3) is 0 Å². The van der Waals surface area contributed by atoms with Crippen LogP contribution in [0.2, 0.25) is 0 Å². The molecule has 0 bridgehead atoms. The normalized spacial score (nSPS) is 12.5. The second-order valence-electron chi connectivity index (χ2n) is 4.60. The van der Waals surface area contributed by atoms with Gasteiger partial charge in [-0.05, 0) is 31.0 Å². The first-order valence-electron chi connectivity index (χ1n) is 5.88. The fourth-order valence-corrected chi connectivity index (χ4v) is 2.04. The van der Waals surface area contributed by atoms with E-state index in [4.69, 9.17) is 5.73 Å². The highest BCUT2D eigenvalue weighted by atomic mass is 19.2. The summed E-state index contributed by atoms with van der Waals surface area (Å²) in [6.07, 6.45) is 0. The molecule has 2 rings (SSSR count). The Labute approximate surface area is 109 Å². The molecule has 0 aliphatic rings. The van der Waals surface area contributed by atoms with E-state index in [-0.39, 0.29) is 5.56 Å². The number of hydrogen-bond acceptors (Lipinski definition) is 1. The molecule has 0 saturated carbocycles. The number of hydrogen-bond donors (Lipinski definition) is 1. The molecule has 0 aliphatic heterocycles. The Morgan fingerprint density at radius 1 is 0.895 bits per heavy atom. The van der Waals surface area contributed by atoms with Crippen LogP contribution in [0.1, 0.15) is 28.3 Å². The molecule has 100 valence electrons. The van der Waals surface area contributed by atoms with E-state index in [1.54, 1.807) is 0 Å². The van der Waals surface area contributed by atoms with Crippen molar-refractivity contribution < 1.29 is 13.2 Å². The molecule has 2 N–H and O–H groups in total. The number of benzene rings is 2. The van der Waals surface area contributed by atoms with Crippen LogP contribution in [-0.4, -0.2) is 0 Å². The van der Waals surface area contributed by atoms with Gasteiger partial charge in [-0.3, -0.25) is 0 Å². The third kappa shape index (κ3) is 2.49. The van der Waals surface area contributed by atoms with E-state index in [0.717, 1.165) is 17.2 Å². The van der Waals surface area contributed by atoms with E-state index >= 15 is 0 Å². The van der Waals surface area contributed by atoms with Gasteiger partial charge >= 0.3 is 0 Å². The molecule has 19 heavy (non-hydrogen) atoms. The van der Waals surface area contributed by atoms with Gasteiger partial charge in [0.25, 0.3) is 0 Å². The summed E-state index contributed by atoms with van der Waals surface area (Å²) in [5, 5.41) is 0. The monoisotopic (exact) mass is 265 g/mol. The van der Waals surface area contributed by atoms with Crippen molar-refractivity contribution in [2.24, 2.45) is 5.73 Å². The highest BCUT2D eigenvalue weighted by Gasteiger charge is 2.20. The average Bonchev–Trinajstić information content (AvgIpc) is 2.38. The third-order valence-electron chi connectivity index (χ3n) is 3.17.